The van der Waals surface area contributed by atoms with Crippen LogP contribution in [0, 0.1) is 0 Å². The Morgan fingerprint density at radius 3 is 2.16 bits per heavy atom. The van der Waals surface area contributed by atoms with E-state index in [-0.39, 0.29) is 23.9 Å². The van der Waals surface area contributed by atoms with E-state index >= 15 is 0 Å². The molecule has 2 N–H and O–H groups in total. The average Bonchev–Trinajstić information content (AvgIpc) is 2.69. The second kappa shape index (κ2) is 10.3. The summed E-state index contributed by atoms with van der Waals surface area (Å²) in [7, 11) is -3.33. The summed E-state index contributed by atoms with van der Waals surface area (Å²) in [4.78, 5) is 14.9. The van der Waals surface area contributed by atoms with Crippen molar-refractivity contribution in [1.82, 2.24) is 4.90 Å². The highest BCUT2D eigenvalue weighted by molar-refractivity contribution is 7.92. The number of nitrogens with one attached hydrogen (secondary N) is 2. The van der Waals surface area contributed by atoms with Crippen molar-refractivity contribution < 1.29 is 17.9 Å². The molecule has 2 atom stereocenters. The van der Waals surface area contributed by atoms with E-state index in [2.05, 4.69) is 28.8 Å². The standard InChI is InChI=1S/C23H31N3O4S/c1-4-13-31(28,29)25-22-11-9-21(10-12-22)24-23(27)20-7-5-19(6-8-20)16-26-14-17(2)30-18(3)15-26/h5-12,17-18,25H,4,13-16H2,1-3H3,(H,24,27). The van der Waals surface area contributed by atoms with Crippen molar-refractivity contribution in [2.45, 2.75) is 45.9 Å². The molecule has 1 aliphatic rings. The molecular weight excluding hydrogens is 414 g/mol. The van der Waals surface area contributed by atoms with E-state index < -0.39 is 10.0 Å². The SMILES string of the molecule is CCCS(=O)(=O)Nc1ccc(NC(=O)c2ccc(CN3CC(C)OC(C)C3)cc2)cc1. The second-order valence-electron chi connectivity index (χ2n) is 8.10. The van der Waals surface area contributed by atoms with Gasteiger partial charge in [0.15, 0.2) is 0 Å². The Balaban J connectivity index is 1.55. The number of hydrogen-bond acceptors (Lipinski definition) is 5. The predicted molar refractivity (Wildman–Crippen MR) is 124 cm³/mol. The fourth-order valence-corrected chi connectivity index (χ4v) is 4.89. The van der Waals surface area contributed by atoms with Gasteiger partial charge < -0.3 is 10.1 Å². The molecule has 0 aliphatic carbocycles. The van der Waals surface area contributed by atoms with E-state index in [0.29, 0.717) is 23.4 Å². The molecule has 1 heterocycles. The molecule has 2 aromatic carbocycles. The lowest BCUT2D eigenvalue weighted by atomic mass is 10.1. The zero-order chi connectivity index (χ0) is 22.4. The Morgan fingerprint density at radius 2 is 1.58 bits per heavy atom. The van der Waals surface area contributed by atoms with Gasteiger partial charge in [-0.05, 0) is 62.2 Å². The van der Waals surface area contributed by atoms with E-state index in [0.717, 1.165) is 25.2 Å². The molecule has 168 valence electrons. The quantitative estimate of drug-likeness (QED) is 0.647. The van der Waals surface area contributed by atoms with E-state index in [1.807, 2.05) is 31.2 Å². The van der Waals surface area contributed by atoms with Gasteiger partial charge >= 0.3 is 0 Å². The Morgan fingerprint density at radius 1 is 1.00 bits per heavy atom. The molecule has 1 aliphatic heterocycles. The van der Waals surface area contributed by atoms with Gasteiger partial charge in [0.1, 0.15) is 0 Å². The fraction of sp³-hybridized carbons (Fsp3) is 0.435. The molecule has 2 aromatic rings. The molecule has 31 heavy (non-hydrogen) atoms. The number of benzene rings is 2. The van der Waals surface area contributed by atoms with Crippen LogP contribution in [0.2, 0.25) is 0 Å². The lowest BCUT2D eigenvalue weighted by molar-refractivity contribution is -0.0704. The average molecular weight is 446 g/mol. The first-order chi connectivity index (χ1) is 14.7. The third-order valence-electron chi connectivity index (χ3n) is 5.01. The van der Waals surface area contributed by atoms with Gasteiger partial charge in [-0.2, -0.15) is 0 Å². The first kappa shape index (κ1) is 23.2. The second-order valence-corrected chi connectivity index (χ2v) is 9.94. The van der Waals surface area contributed by atoms with Crippen LogP contribution in [-0.2, 0) is 21.3 Å². The molecular formula is C23H31N3O4S. The van der Waals surface area contributed by atoms with Crippen molar-refractivity contribution in [1.29, 1.82) is 0 Å². The Bertz CT molecular complexity index is 965. The number of carbonyl (C=O) groups is 1. The molecule has 1 fully saturated rings. The Kier molecular flexibility index (Phi) is 7.69. The molecule has 2 unspecified atom stereocenters. The molecule has 1 saturated heterocycles. The molecule has 0 saturated carbocycles. The predicted octanol–water partition coefficient (Wildman–Crippen LogP) is 3.70. The number of sulfonamides is 1. The summed E-state index contributed by atoms with van der Waals surface area (Å²) in [5, 5.41) is 2.84. The van der Waals surface area contributed by atoms with Gasteiger partial charge in [-0.1, -0.05) is 19.1 Å². The van der Waals surface area contributed by atoms with E-state index in [4.69, 9.17) is 4.74 Å². The van der Waals surface area contributed by atoms with Crippen LogP contribution in [0.3, 0.4) is 0 Å². The molecule has 0 aromatic heterocycles. The van der Waals surface area contributed by atoms with Gasteiger partial charge in [0.05, 0.1) is 18.0 Å². The van der Waals surface area contributed by atoms with Gasteiger partial charge in [0, 0.05) is 36.6 Å². The van der Waals surface area contributed by atoms with Crippen LogP contribution >= 0.6 is 0 Å². The number of anilines is 2. The first-order valence-corrected chi connectivity index (χ1v) is 12.3. The molecule has 1 amide bonds. The van der Waals surface area contributed by atoms with Gasteiger partial charge in [-0.3, -0.25) is 14.4 Å². The number of hydrogen-bond donors (Lipinski definition) is 2. The van der Waals surface area contributed by atoms with E-state index in [9.17, 15) is 13.2 Å². The molecule has 7 nitrogen and oxygen atoms in total. The van der Waals surface area contributed by atoms with Crippen LogP contribution in [0.4, 0.5) is 11.4 Å². The minimum atomic E-state index is -3.33. The van der Waals surface area contributed by atoms with Crippen molar-refractivity contribution >= 4 is 27.3 Å². The Labute approximate surface area is 184 Å². The van der Waals surface area contributed by atoms with Crippen molar-refractivity contribution in [2.24, 2.45) is 0 Å². The van der Waals surface area contributed by atoms with Crippen LogP contribution in [0.25, 0.3) is 0 Å². The number of amides is 1. The summed E-state index contributed by atoms with van der Waals surface area (Å²) in [6.45, 7) is 8.61. The maximum absolute atomic E-state index is 12.6. The topological polar surface area (TPSA) is 87.7 Å². The minimum absolute atomic E-state index is 0.0745. The smallest absolute Gasteiger partial charge is 0.255 e. The fourth-order valence-electron chi connectivity index (χ4n) is 3.76. The summed E-state index contributed by atoms with van der Waals surface area (Å²) in [6, 6.07) is 14.2. The summed E-state index contributed by atoms with van der Waals surface area (Å²) in [6.07, 6.45) is 0.997. The van der Waals surface area contributed by atoms with Crippen LogP contribution in [0.15, 0.2) is 48.5 Å². The van der Waals surface area contributed by atoms with Crippen molar-refractivity contribution in [3.63, 3.8) is 0 Å². The van der Waals surface area contributed by atoms with Crippen LogP contribution < -0.4 is 10.0 Å². The van der Waals surface area contributed by atoms with Crippen LogP contribution in [-0.4, -0.2) is 50.3 Å². The van der Waals surface area contributed by atoms with E-state index in [1.54, 1.807) is 24.3 Å². The number of ether oxygens (including phenoxy) is 1. The third kappa shape index (κ3) is 7.05. The van der Waals surface area contributed by atoms with E-state index in [1.165, 1.54) is 0 Å². The van der Waals surface area contributed by atoms with Crippen molar-refractivity contribution in [3.05, 3.63) is 59.7 Å². The van der Waals surface area contributed by atoms with Gasteiger partial charge in [0.2, 0.25) is 10.0 Å². The highest BCUT2D eigenvalue weighted by Crippen LogP contribution is 2.18. The largest absolute Gasteiger partial charge is 0.373 e. The zero-order valence-electron chi connectivity index (χ0n) is 18.3. The van der Waals surface area contributed by atoms with Crippen LogP contribution in [0.5, 0.6) is 0 Å². The highest BCUT2D eigenvalue weighted by atomic mass is 32.2. The minimum Gasteiger partial charge on any atom is -0.373 e. The monoisotopic (exact) mass is 445 g/mol. The highest BCUT2D eigenvalue weighted by Gasteiger charge is 2.22. The van der Waals surface area contributed by atoms with Crippen LogP contribution in [0.1, 0.15) is 43.1 Å². The summed E-state index contributed by atoms with van der Waals surface area (Å²) in [5.41, 5.74) is 2.80. The molecule has 0 bridgehead atoms. The number of nitrogens with zero attached hydrogens (tertiary/aromatic N) is 1. The molecule has 8 heteroatoms. The third-order valence-corrected chi connectivity index (χ3v) is 6.50. The summed E-state index contributed by atoms with van der Waals surface area (Å²) < 4.78 is 32.0. The Hall–Kier alpha value is -2.42. The summed E-state index contributed by atoms with van der Waals surface area (Å²) in [5.74, 6) is -0.134. The van der Waals surface area contributed by atoms with Gasteiger partial charge in [-0.25, -0.2) is 8.42 Å². The van der Waals surface area contributed by atoms with Gasteiger partial charge in [-0.15, -0.1) is 0 Å². The maximum atomic E-state index is 12.6. The lowest BCUT2D eigenvalue weighted by Gasteiger charge is -2.35. The molecule has 3 rings (SSSR count). The number of rotatable bonds is 8. The molecule has 0 spiro atoms. The number of carbonyl (C=O) groups excluding carboxylic acids is 1. The zero-order valence-corrected chi connectivity index (χ0v) is 19.1. The maximum Gasteiger partial charge on any atom is 0.255 e. The van der Waals surface area contributed by atoms with Gasteiger partial charge in [0.25, 0.3) is 5.91 Å². The lowest BCUT2D eigenvalue weighted by Crippen LogP contribution is -2.44. The number of morpholine rings is 1. The normalized spacial score (nSPS) is 19.7. The van der Waals surface area contributed by atoms with Crippen molar-refractivity contribution in [3.8, 4) is 0 Å². The molecule has 0 radical (unpaired) electrons. The first-order valence-electron chi connectivity index (χ1n) is 10.6. The van der Waals surface area contributed by atoms with Crippen molar-refractivity contribution in [2.75, 3.05) is 28.9 Å². The summed E-state index contributed by atoms with van der Waals surface area (Å²) >= 11 is 0.